The van der Waals surface area contributed by atoms with Crippen molar-refractivity contribution in [2.75, 3.05) is 49.2 Å². The summed E-state index contributed by atoms with van der Waals surface area (Å²) < 4.78 is 5.58. The molecule has 1 saturated heterocycles. The summed E-state index contributed by atoms with van der Waals surface area (Å²) in [5.41, 5.74) is 2.34. The summed E-state index contributed by atoms with van der Waals surface area (Å²) in [5, 5.41) is 21.9. The van der Waals surface area contributed by atoms with Gasteiger partial charge < -0.3 is 19.5 Å². The van der Waals surface area contributed by atoms with Gasteiger partial charge in [-0.05, 0) is 31.3 Å². The number of likely N-dealkylation sites (N-methyl/N-ethyl adjacent to an activating group) is 1. The highest BCUT2D eigenvalue weighted by atomic mass is 32.2. The number of piperazine rings is 1. The molecule has 1 fully saturated rings. The van der Waals surface area contributed by atoms with Gasteiger partial charge in [0.15, 0.2) is 0 Å². The van der Waals surface area contributed by atoms with Gasteiger partial charge in [0.2, 0.25) is 11.8 Å². The topological polar surface area (TPSA) is 118 Å². The van der Waals surface area contributed by atoms with E-state index in [-0.39, 0.29) is 28.5 Å². The van der Waals surface area contributed by atoms with Gasteiger partial charge in [0.25, 0.3) is 10.9 Å². The number of anilines is 2. The molecule has 0 spiro atoms. The van der Waals surface area contributed by atoms with Crippen molar-refractivity contribution < 1.29 is 14.1 Å². The predicted molar refractivity (Wildman–Crippen MR) is 122 cm³/mol. The van der Waals surface area contributed by atoms with Gasteiger partial charge in [-0.2, -0.15) is 0 Å². The zero-order chi connectivity index (χ0) is 22.5. The van der Waals surface area contributed by atoms with E-state index in [0.717, 1.165) is 49.3 Å². The molecule has 0 aliphatic carbocycles. The molecule has 3 aromatic rings. The first-order valence-corrected chi connectivity index (χ1v) is 11.0. The Hall–Kier alpha value is -3.44. The van der Waals surface area contributed by atoms with Crippen molar-refractivity contribution in [2.24, 2.45) is 0 Å². The van der Waals surface area contributed by atoms with Crippen LogP contribution in [0.4, 0.5) is 17.1 Å². The van der Waals surface area contributed by atoms with E-state index in [1.807, 2.05) is 24.3 Å². The first-order chi connectivity index (χ1) is 15.5. The lowest BCUT2D eigenvalue weighted by molar-refractivity contribution is -0.384. The molecule has 0 saturated carbocycles. The molecule has 0 atom stereocenters. The van der Waals surface area contributed by atoms with E-state index < -0.39 is 4.92 Å². The summed E-state index contributed by atoms with van der Waals surface area (Å²) in [6.45, 7) is 3.77. The minimum absolute atomic E-state index is 0.0172. The smallest absolute Gasteiger partial charge is 0.277 e. The van der Waals surface area contributed by atoms with Crippen LogP contribution in [0.25, 0.3) is 11.5 Å². The van der Waals surface area contributed by atoms with Crippen LogP contribution in [0.3, 0.4) is 0 Å². The third-order valence-electron chi connectivity index (χ3n) is 5.08. The Morgan fingerprint density at radius 3 is 2.56 bits per heavy atom. The molecule has 2 aromatic carbocycles. The fourth-order valence-electron chi connectivity index (χ4n) is 3.33. The van der Waals surface area contributed by atoms with Crippen LogP contribution in [-0.2, 0) is 4.79 Å². The molecule has 0 unspecified atom stereocenters. The van der Waals surface area contributed by atoms with Gasteiger partial charge in [-0.15, -0.1) is 10.2 Å². The van der Waals surface area contributed by atoms with Crippen LogP contribution in [0.5, 0.6) is 0 Å². The van der Waals surface area contributed by atoms with Crippen LogP contribution >= 0.6 is 11.8 Å². The Kier molecular flexibility index (Phi) is 6.66. The summed E-state index contributed by atoms with van der Waals surface area (Å²) in [4.78, 5) is 27.4. The number of non-ortho nitro benzene ring substituents is 1. The Bertz CT molecular complexity index is 1100. The van der Waals surface area contributed by atoms with Crippen LogP contribution < -0.4 is 10.2 Å². The zero-order valence-electron chi connectivity index (χ0n) is 17.4. The SMILES string of the molecule is CN1CCN(c2ccccc2NC(=O)CSc2nnc(-c3ccc([N+](=O)[O-])cc3)o2)CC1. The number of thioether (sulfide) groups is 1. The number of nitrogens with zero attached hydrogens (tertiary/aromatic N) is 5. The number of carbonyl (C=O) groups is 1. The second-order valence-electron chi connectivity index (χ2n) is 7.32. The summed E-state index contributed by atoms with van der Waals surface area (Å²) in [7, 11) is 2.10. The van der Waals surface area contributed by atoms with E-state index in [0.29, 0.717) is 5.56 Å². The van der Waals surface area contributed by atoms with Crippen molar-refractivity contribution in [1.29, 1.82) is 0 Å². The number of rotatable bonds is 7. The normalized spacial score (nSPS) is 14.3. The van der Waals surface area contributed by atoms with Gasteiger partial charge in [-0.25, -0.2) is 0 Å². The van der Waals surface area contributed by atoms with Gasteiger partial charge >= 0.3 is 0 Å². The molecule has 1 aromatic heterocycles. The average Bonchev–Trinajstić information content (AvgIpc) is 3.28. The van der Waals surface area contributed by atoms with Gasteiger partial charge in [0, 0.05) is 43.9 Å². The molecular formula is C21H22N6O4S. The monoisotopic (exact) mass is 454 g/mol. The number of carbonyl (C=O) groups excluding carboxylic acids is 1. The van der Waals surface area contributed by atoms with Crippen molar-refractivity contribution in [1.82, 2.24) is 15.1 Å². The van der Waals surface area contributed by atoms with Crippen molar-refractivity contribution in [3.05, 3.63) is 58.6 Å². The lowest BCUT2D eigenvalue weighted by atomic mass is 10.2. The largest absolute Gasteiger partial charge is 0.411 e. The number of aromatic nitrogens is 2. The zero-order valence-corrected chi connectivity index (χ0v) is 18.2. The molecule has 0 bridgehead atoms. The molecule has 11 heteroatoms. The van der Waals surface area contributed by atoms with Crippen LogP contribution in [-0.4, -0.2) is 64.9 Å². The lowest BCUT2D eigenvalue weighted by Gasteiger charge is -2.35. The van der Waals surface area contributed by atoms with Crippen molar-refractivity contribution >= 4 is 34.7 Å². The number of hydrogen-bond acceptors (Lipinski definition) is 9. The van der Waals surface area contributed by atoms with E-state index in [9.17, 15) is 14.9 Å². The summed E-state index contributed by atoms with van der Waals surface area (Å²) in [5.74, 6) is 0.175. The Morgan fingerprint density at radius 2 is 1.84 bits per heavy atom. The van der Waals surface area contributed by atoms with E-state index in [1.54, 1.807) is 12.1 Å². The maximum Gasteiger partial charge on any atom is 0.277 e. The first-order valence-electron chi connectivity index (χ1n) is 10.0. The highest BCUT2D eigenvalue weighted by Gasteiger charge is 2.18. The van der Waals surface area contributed by atoms with Crippen LogP contribution in [0.1, 0.15) is 0 Å². The van der Waals surface area contributed by atoms with E-state index in [1.165, 1.54) is 12.1 Å². The molecule has 4 rings (SSSR count). The molecule has 32 heavy (non-hydrogen) atoms. The molecule has 10 nitrogen and oxygen atoms in total. The van der Waals surface area contributed by atoms with Crippen LogP contribution in [0.2, 0.25) is 0 Å². The molecule has 0 radical (unpaired) electrons. The number of hydrogen-bond donors (Lipinski definition) is 1. The summed E-state index contributed by atoms with van der Waals surface area (Å²) >= 11 is 1.13. The van der Waals surface area contributed by atoms with Gasteiger partial charge in [0.05, 0.1) is 22.1 Å². The van der Waals surface area contributed by atoms with E-state index >= 15 is 0 Å². The van der Waals surface area contributed by atoms with Crippen LogP contribution in [0, 0.1) is 10.1 Å². The van der Waals surface area contributed by atoms with E-state index in [4.69, 9.17) is 4.42 Å². The third kappa shape index (κ3) is 5.24. The fraction of sp³-hybridized carbons (Fsp3) is 0.286. The molecule has 1 amide bonds. The summed E-state index contributed by atoms with van der Waals surface area (Å²) in [6, 6.07) is 13.6. The van der Waals surface area contributed by atoms with Gasteiger partial charge in [-0.1, -0.05) is 23.9 Å². The molecule has 2 heterocycles. The maximum atomic E-state index is 12.5. The molecular weight excluding hydrogens is 432 g/mol. The van der Waals surface area contributed by atoms with Crippen molar-refractivity contribution in [3.8, 4) is 11.5 Å². The molecule has 166 valence electrons. The Morgan fingerprint density at radius 1 is 1.12 bits per heavy atom. The number of nitrogens with one attached hydrogen (secondary N) is 1. The van der Waals surface area contributed by atoms with Gasteiger partial charge in [-0.3, -0.25) is 14.9 Å². The molecule has 1 N–H and O–H groups in total. The second-order valence-corrected chi connectivity index (χ2v) is 8.25. The predicted octanol–water partition coefficient (Wildman–Crippen LogP) is 3.13. The minimum Gasteiger partial charge on any atom is -0.411 e. The van der Waals surface area contributed by atoms with Crippen molar-refractivity contribution in [2.45, 2.75) is 5.22 Å². The number of amides is 1. The second kappa shape index (κ2) is 9.79. The fourth-order valence-corrected chi connectivity index (χ4v) is 3.89. The lowest BCUT2D eigenvalue weighted by Crippen LogP contribution is -2.44. The highest BCUT2D eigenvalue weighted by molar-refractivity contribution is 7.99. The number of para-hydroxylation sites is 2. The standard InChI is InChI=1S/C21H22N6O4S/c1-25-10-12-26(13-11-25)18-5-3-2-4-17(18)22-19(28)14-32-21-24-23-20(31-21)15-6-8-16(9-7-15)27(29)30/h2-9H,10-14H2,1H3,(H,22,28). The molecule has 1 aliphatic heterocycles. The average molecular weight is 455 g/mol. The van der Waals surface area contributed by atoms with Crippen molar-refractivity contribution in [3.63, 3.8) is 0 Å². The Labute approximate surface area is 188 Å². The van der Waals surface area contributed by atoms with Crippen LogP contribution in [0.15, 0.2) is 58.2 Å². The quantitative estimate of drug-likeness (QED) is 0.326. The maximum absolute atomic E-state index is 12.5. The summed E-state index contributed by atoms with van der Waals surface area (Å²) in [6.07, 6.45) is 0. The minimum atomic E-state index is -0.473. The third-order valence-corrected chi connectivity index (χ3v) is 5.90. The highest BCUT2D eigenvalue weighted by Crippen LogP contribution is 2.28. The van der Waals surface area contributed by atoms with Gasteiger partial charge in [0.1, 0.15) is 0 Å². The number of benzene rings is 2. The number of nitro groups is 1. The first kappa shape index (κ1) is 21.8. The molecule has 1 aliphatic rings. The number of nitro benzene ring substituents is 1. The Balaban J connectivity index is 1.35. The van der Waals surface area contributed by atoms with E-state index in [2.05, 4.69) is 32.4 Å².